The summed E-state index contributed by atoms with van der Waals surface area (Å²) in [7, 11) is -3.64. The number of aryl methyl sites for hydroxylation is 2. The molecule has 1 aliphatic rings. The van der Waals surface area contributed by atoms with Crippen molar-refractivity contribution in [1.29, 1.82) is 0 Å². The number of anilines is 2. The van der Waals surface area contributed by atoms with Gasteiger partial charge in [-0.15, -0.1) is 0 Å². The van der Waals surface area contributed by atoms with Crippen LogP contribution in [0.3, 0.4) is 0 Å². The van der Waals surface area contributed by atoms with Gasteiger partial charge in [0.2, 0.25) is 15.9 Å². The van der Waals surface area contributed by atoms with Crippen molar-refractivity contribution in [3.8, 4) is 0 Å². The van der Waals surface area contributed by atoms with E-state index in [-0.39, 0.29) is 10.8 Å². The lowest BCUT2D eigenvalue weighted by Crippen LogP contribution is -2.40. The predicted molar refractivity (Wildman–Crippen MR) is 114 cm³/mol. The van der Waals surface area contributed by atoms with Crippen LogP contribution in [0.1, 0.15) is 18.1 Å². The first-order valence-electron chi connectivity index (χ1n) is 9.60. The highest BCUT2D eigenvalue weighted by molar-refractivity contribution is 7.89. The second-order valence-corrected chi connectivity index (χ2v) is 9.12. The normalized spacial score (nSPS) is 16.2. The van der Waals surface area contributed by atoms with Gasteiger partial charge in [0, 0.05) is 24.5 Å². The van der Waals surface area contributed by atoms with Gasteiger partial charge in [-0.1, -0.05) is 23.8 Å². The Hall–Kier alpha value is -2.42. The Morgan fingerprint density at radius 2 is 1.66 bits per heavy atom. The molecule has 2 aromatic carbocycles. The summed E-state index contributed by atoms with van der Waals surface area (Å²) in [6.07, 6.45) is 0. The standard InChI is InChI=1S/C21H27N3O4S/c1-15-4-7-18(8-5-15)22-17(3)21(25)23-19-9-6-16(2)20(14-19)29(26,27)24-10-12-28-13-11-24/h4-9,14,17,22H,10-13H2,1-3H3,(H,23,25). The molecule has 1 fully saturated rings. The van der Waals surface area contributed by atoms with Gasteiger partial charge >= 0.3 is 0 Å². The van der Waals surface area contributed by atoms with Gasteiger partial charge in [0.1, 0.15) is 6.04 Å². The molecule has 0 spiro atoms. The maximum absolute atomic E-state index is 13.0. The van der Waals surface area contributed by atoms with E-state index in [1.165, 1.54) is 10.4 Å². The lowest BCUT2D eigenvalue weighted by molar-refractivity contribution is -0.116. The molecule has 1 aliphatic heterocycles. The molecule has 1 atom stereocenters. The quantitative estimate of drug-likeness (QED) is 0.755. The van der Waals surface area contributed by atoms with Gasteiger partial charge in [-0.3, -0.25) is 4.79 Å². The molecule has 3 rings (SSSR count). The van der Waals surface area contributed by atoms with Crippen molar-refractivity contribution in [3.63, 3.8) is 0 Å². The number of hydrogen-bond acceptors (Lipinski definition) is 5. The molecule has 0 radical (unpaired) electrons. The molecule has 29 heavy (non-hydrogen) atoms. The van der Waals surface area contributed by atoms with Gasteiger partial charge in [-0.25, -0.2) is 8.42 Å². The molecule has 8 heteroatoms. The van der Waals surface area contributed by atoms with E-state index in [4.69, 9.17) is 4.74 Å². The Kier molecular flexibility index (Phi) is 6.56. The second kappa shape index (κ2) is 8.94. The molecular weight excluding hydrogens is 390 g/mol. The molecule has 7 nitrogen and oxygen atoms in total. The number of hydrogen-bond donors (Lipinski definition) is 2. The van der Waals surface area contributed by atoms with E-state index >= 15 is 0 Å². The average molecular weight is 418 g/mol. The molecule has 0 saturated carbocycles. The zero-order valence-electron chi connectivity index (χ0n) is 16.9. The number of sulfonamides is 1. The lowest BCUT2D eigenvalue weighted by atomic mass is 10.2. The lowest BCUT2D eigenvalue weighted by Gasteiger charge is -2.27. The van der Waals surface area contributed by atoms with Crippen LogP contribution in [-0.2, 0) is 19.6 Å². The van der Waals surface area contributed by atoms with Crippen LogP contribution in [0.15, 0.2) is 47.4 Å². The first-order valence-corrected chi connectivity index (χ1v) is 11.0. The van der Waals surface area contributed by atoms with E-state index in [1.807, 2.05) is 31.2 Å². The van der Waals surface area contributed by atoms with Gasteiger partial charge in [-0.05, 0) is 50.6 Å². The maximum atomic E-state index is 13.0. The third kappa shape index (κ3) is 5.14. The number of amides is 1. The highest BCUT2D eigenvalue weighted by atomic mass is 32.2. The number of carbonyl (C=O) groups excluding carboxylic acids is 1. The Morgan fingerprint density at radius 3 is 2.31 bits per heavy atom. The molecule has 2 N–H and O–H groups in total. The van der Waals surface area contributed by atoms with Crippen LogP contribution in [0.5, 0.6) is 0 Å². The van der Waals surface area contributed by atoms with Crippen LogP contribution in [0, 0.1) is 13.8 Å². The van der Waals surface area contributed by atoms with E-state index in [0.29, 0.717) is 37.6 Å². The molecule has 1 unspecified atom stereocenters. The summed E-state index contributed by atoms with van der Waals surface area (Å²) in [5.41, 5.74) is 3.07. The Labute approximate surface area is 172 Å². The molecule has 0 aromatic heterocycles. The summed E-state index contributed by atoms with van der Waals surface area (Å²) in [5.74, 6) is -0.246. The van der Waals surface area contributed by atoms with Crippen LogP contribution in [-0.4, -0.2) is 51.0 Å². The van der Waals surface area contributed by atoms with Gasteiger partial charge in [0.15, 0.2) is 0 Å². The van der Waals surface area contributed by atoms with E-state index in [2.05, 4.69) is 10.6 Å². The summed E-state index contributed by atoms with van der Waals surface area (Å²) in [6.45, 7) is 6.94. The monoisotopic (exact) mass is 417 g/mol. The van der Waals surface area contributed by atoms with E-state index in [0.717, 1.165) is 11.3 Å². The Balaban J connectivity index is 1.73. The van der Waals surface area contributed by atoms with Crippen LogP contribution in [0.25, 0.3) is 0 Å². The number of nitrogens with zero attached hydrogens (tertiary/aromatic N) is 1. The molecule has 1 amide bonds. The first-order chi connectivity index (χ1) is 13.8. The fourth-order valence-electron chi connectivity index (χ4n) is 3.10. The van der Waals surface area contributed by atoms with Gasteiger partial charge in [-0.2, -0.15) is 4.31 Å². The highest BCUT2D eigenvalue weighted by Gasteiger charge is 2.28. The molecule has 2 aromatic rings. The van der Waals surface area contributed by atoms with Crippen LogP contribution in [0.4, 0.5) is 11.4 Å². The number of carbonyl (C=O) groups is 1. The van der Waals surface area contributed by atoms with Crippen molar-refractivity contribution in [1.82, 2.24) is 4.31 Å². The van der Waals surface area contributed by atoms with Crippen molar-refractivity contribution in [2.24, 2.45) is 0 Å². The summed E-state index contributed by atoms with van der Waals surface area (Å²) in [5, 5.41) is 5.95. The molecule has 0 aliphatic carbocycles. The van der Waals surface area contributed by atoms with Gasteiger partial charge in [0.05, 0.1) is 18.1 Å². The zero-order valence-corrected chi connectivity index (χ0v) is 17.8. The number of ether oxygens (including phenoxy) is 1. The summed E-state index contributed by atoms with van der Waals surface area (Å²) in [4.78, 5) is 12.8. The molecule has 0 bridgehead atoms. The van der Waals surface area contributed by atoms with Crippen molar-refractivity contribution in [2.45, 2.75) is 31.7 Å². The minimum Gasteiger partial charge on any atom is -0.379 e. The first kappa shape index (κ1) is 21.3. The maximum Gasteiger partial charge on any atom is 0.246 e. The largest absolute Gasteiger partial charge is 0.379 e. The fraction of sp³-hybridized carbons (Fsp3) is 0.381. The second-order valence-electron chi connectivity index (χ2n) is 7.22. The smallest absolute Gasteiger partial charge is 0.246 e. The van der Waals surface area contributed by atoms with E-state index < -0.39 is 16.1 Å². The molecule has 1 heterocycles. The Bertz CT molecular complexity index is 968. The molecule has 156 valence electrons. The van der Waals surface area contributed by atoms with Crippen LogP contribution >= 0.6 is 0 Å². The predicted octanol–water partition coefficient (Wildman–Crippen LogP) is 2.76. The van der Waals surface area contributed by atoms with Crippen molar-refractivity contribution in [2.75, 3.05) is 36.9 Å². The molecular formula is C21H27N3O4S. The number of morpholine rings is 1. The summed E-state index contributed by atoms with van der Waals surface area (Å²) in [6, 6.07) is 12.2. The van der Waals surface area contributed by atoms with Crippen LogP contribution < -0.4 is 10.6 Å². The third-order valence-electron chi connectivity index (χ3n) is 4.87. The van der Waals surface area contributed by atoms with Crippen molar-refractivity contribution in [3.05, 3.63) is 53.6 Å². The highest BCUT2D eigenvalue weighted by Crippen LogP contribution is 2.24. The topological polar surface area (TPSA) is 87.7 Å². The van der Waals surface area contributed by atoms with Gasteiger partial charge < -0.3 is 15.4 Å². The molecule has 1 saturated heterocycles. The van der Waals surface area contributed by atoms with E-state index in [1.54, 1.807) is 26.0 Å². The minimum absolute atomic E-state index is 0.205. The number of nitrogens with one attached hydrogen (secondary N) is 2. The Morgan fingerprint density at radius 1 is 1.03 bits per heavy atom. The van der Waals surface area contributed by atoms with E-state index in [9.17, 15) is 13.2 Å². The summed E-state index contributed by atoms with van der Waals surface area (Å²) < 4.78 is 32.7. The SMILES string of the molecule is Cc1ccc(NC(C)C(=O)Nc2ccc(C)c(S(=O)(=O)N3CCOCC3)c2)cc1. The number of rotatable bonds is 6. The van der Waals surface area contributed by atoms with Crippen molar-refractivity contribution < 1.29 is 17.9 Å². The summed E-state index contributed by atoms with van der Waals surface area (Å²) >= 11 is 0. The van der Waals surface area contributed by atoms with Gasteiger partial charge in [0.25, 0.3) is 0 Å². The van der Waals surface area contributed by atoms with Crippen molar-refractivity contribution >= 4 is 27.3 Å². The third-order valence-corrected chi connectivity index (χ3v) is 6.91. The van der Waals surface area contributed by atoms with Crippen LogP contribution in [0.2, 0.25) is 0 Å². The average Bonchev–Trinajstić information content (AvgIpc) is 2.71. The fourth-order valence-corrected chi connectivity index (χ4v) is 4.76. The number of benzene rings is 2. The minimum atomic E-state index is -3.64. The zero-order chi connectivity index (χ0) is 21.0.